The molecule has 0 spiro atoms. The third kappa shape index (κ3) is 5.90. The van der Waals surface area contributed by atoms with Crippen LogP contribution in [0.1, 0.15) is 18.5 Å². The van der Waals surface area contributed by atoms with Crippen LogP contribution in [0.5, 0.6) is 5.75 Å². The van der Waals surface area contributed by atoms with Crippen molar-refractivity contribution in [3.05, 3.63) is 60.4 Å². The number of carbonyl (C=O) groups excluding carboxylic acids is 2. The molecule has 3 amide bonds. The Hall–Kier alpha value is -4.06. The number of urea groups is 1. The highest BCUT2D eigenvalue weighted by atomic mass is 19.4. The zero-order chi connectivity index (χ0) is 25.0. The summed E-state index contributed by atoms with van der Waals surface area (Å²) in [5.41, 5.74) is 1.30. The SMILES string of the molecule is CCOCC(NC(=O)N1CC(=O)Nc2ccc(-c3ccco3)nc21)c1ccc(OC(F)(F)F)cc1. The number of carbonyl (C=O) groups is 2. The lowest BCUT2D eigenvalue weighted by Gasteiger charge is -2.30. The highest BCUT2D eigenvalue weighted by molar-refractivity contribution is 6.08. The summed E-state index contributed by atoms with van der Waals surface area (Å²) in [5, 5.41) is 5.45. The van der Waals surface area contributed by atoms with Crippen LogP contribution >= 0.6 is 0 Å². The largest absolute Gasteiger partial charge is 0.573 e. The number of alkyl halides is 3. The number of anilines is 2. The van der Waals surface area contributed by atoms with E-state index in [1.165, 1.54) is 23.3 Å². The lowest BCUT2D eigenvalue weighted by Crippen LogP contribution is -2.49. The number of ether oxygens (including phenoxy) is 2. The number of fused-ring (bicyclic) bond motifs is 1. The number of rotatable bonds is 7. The number of halogens is 3. The van der Waals surface area contributed by atoms with Crippen LogP contribution < -0.4 is 20.3 Å². The zero-order valence-electron chi connectivity index (χ0n) is 18.5. The number of benzene rings is 1. The number of hydrogen-bond donors (Lipinski definition) is 2. The first-order valence-corrected chi connectivity index (χ1v) is 10.6. The molecular formula is C23H21F3N4O5. The Morgan fingerprint density at radius 3 is 2.66 bits per heavy atom. The Balaban J connectivity index is 1.57. The van der Waals surface area contributed by atoms with E-state index in [0.29, 0.717) is 29.3 Å². The predicted octanol–water partition coefficient (Wildman–Crippen LogP) is 4.49. The molecule has 1 unspecified atom stereocenters. The molecule has 9 nitrogen and oxygen atoms in total. The van der Waals surface area contributed by atoms with E-state index in [1.807, 2.05) is 0 Å². The lowest BCUT2D eigenvalue weighted by molar-refractivity contribution is -0.274. The van der Waals surface area contributed by atoms with Gasteiger partial charge < -0.3 is 24.5 Å². The van der Waals surface area contributed by atoms with Gasteiger partial charge in [-0.15, -0.1) is 13.2 Å². The smallest absolute Gasteiger partial charge is 0.463 e. The summed E-state index contributed by atoms with van der Waals surface area (Å²) in [5.74, 6) is -0.0882. The monoisotopic (exact) mass is 490 g/mol. The molecule has 12 heteroatoms. The molecule has 2 aromatic heterocycles. The number of amides is 3. The average Bonchev–Trinajstić information content (AvgIpc) is 3.35. The van der Waals surface area contributed by atoms with Gasteiger partial charge in [0.25, 0.3) is 0 Å². The van der Waals surface area contributed by atoms with Crippen LogP contribution in [0.2, 0.25) is 0 Å². The highest BCUT2D eigenvalue weighted by Crippen LogP contribution is 2.31. The minimum Gasteiger partial charge on any atom is -0.463 e. The summed E-state index contributed by atoms with van der Waals surface area (Å²) < 4.78 is 52.1. The molecule has 184 valence electrons. The Kier molecular flexibility index (Phi) is 6.92. The fourth-order valence-electron chi connectivity index (χ4n) is 3.48. The summed E-state index contributed by atoms with van der Waals surface area (Å²) >= 11 is 0. The Morgan fingerprint density at radius 2 is 2.00 bits per heavy atom. The Bertz CT molecular complexity index is 1180. The van der Waals surface area contributed by atoms with Gasteiger partial charge in [0.15, 0.2) is 11.6 Å². The molecule has 35 heavy (non-hydrogen) atoms. The number of furan rings is 1. The number of nitrogens with one attached hydrogen (secondary N) is 2. The molecule has 2 N–H and O–H groups in total. The van der Waals surface area contributed by atoms with E-state index >= 15 is 0 Å². The van der Waals surface area contributed by atoms with Gasteiger partial charge in [0.2, 0.25) is 5.91 Å². The van der Waals surface area contributed by atoms with Gasteiger partial charge in [0.05, 0.1) is 24.6 Å². The van der Waals surface area contributed by atoms with Gasteiger partial charge in [-0.2, -0.15) is 0 Å². The maximum absolute atomic E-state index is 13.2. The third-order valence-corrected chi connectivity index (χ3v) is 5.03. The highest BCUT2D eigenvalue weighted by Gasteiger charge is 2.32. The van der Waals surface area contributed by atoms with Crippen molar-refractivity contribution in [2.45, 2.75) is 19.3 Å². The molecule has 1 aromatic carbocycles. The van der Waals surface area contributed by atoms with Gasteiger partial charge in [0.1, 0.15) is 18.0 Å². The summed E-state index contributed by atoms with van der Waals surface area (Å²) in [6.07, 6.45) is -3.32. The van der Waals surface area contributed by atoms with Gasteiger partial charge in [-0.05, 0) is 48.9 Å². The molecule has 1 atom stereocenters. The van der Waals surface area contributed by atoms with Crippen LogP contribution in [0.25, 0.3) is 11.5 Å². The molecule has 4 rings (SSSR count). The van der Waals surface area contributed by atoms with Gasteiger partial charge in [-0.3, -0.25) is 9.69 Å². The number of pyridine rings is 1. The zero-order valence-corrected chi connectivity index (χ0v) is 18.5. The fraction of sp³-hybridized carbons (Fsp3) is 0.261. The van der Waals surface area contributed by atoms with E-state index in [-0.39, 0.29) is 24.7 Å². The molecule has 3 aromatic rings. The van der Waals surface area contributed by atoms with Crippen molar-refractivity contribution in [1.29, 1.82) is 0 Å². The topological polar surface area (TPSA) is 106 Å². The van der Waals surface area contributed by atoms with E-state index in [9.17, 15) is 22.8 Å². The molecule has 0 saturated heterocycles. The van der Waals surface area contributed by atoms with E-state index in [4.69, 9.17) is 9.15 Å². The predicted molar refractivity (Wildman–Crippen MR) is 119 cm³/mol. The number of hydrogen-bond acceptors (Lipinski definition) is 6. The summed E-state index contributed by atoms with van der Waals surface area (Å²) in [7, 11) is 0. The maximum Gasteiger partial charge on any atom is 0.573 e. The van der Waals surface area contributed by atoms with Gasteiger partial charge in [-0.25, -0.2) is 9.78 Å². The quantitative estimate of drug-likeness (QED) is 0.506. The normalized spacial score (nSPS) is 14.2. The summed E-state index contributed by atoms with van der Waals surface area (Å²) in [4.78, 5) is 31.1. The summed E-state index contributed by atoms with van der Waals surface area (Å²) in [6.45, 7) is 1.89. The minimum atomic E-state index is -4.82. The number of aromatic nitrogens is 1. The van der Waals surface area contributed by atoms with Crippen LogP contribution in [-0.2, 0) is 9.53 Å². The summed E-state index contributed by atoms with van der Waals surface area (Å²) in [6, 6.07) is 10.4. The van der Waals surface area contributed by atoms with E-state index < -0.39 is 24.3 Å². The van der Waals surface area contributed by atoms with Crippen molar-refractivity contribution >= 4 is 23.4 Å². The van der Waals surface area contributed by atoms with Crippen LogP contribution in [0.4, 0.5) is 29.5 Å². The van der Waals surface area contributed by atoms with Gasteiger partial charge in [-0.1, -0.05) is 12.1 Å². The number of nitrogens with zero attached hydrogens (tertiary/aromatic N) is 2. The van der Waals surface area contributed by atoms with Crippen LogP contribution in [-0.4, -0.2) is 43.0 Å². The van der Waals surface area contributed by atoms with Gasteiger partial charge in [0, 0.05) is 6.61 Å². The molecule has 0 saturated carbocycles. The average molecular weight is 490 g/mol. The van der Waals surface area contributed by atoms with Crippen LogP contribution in [0.15, 0.2) is 59.2 Å². The fourth-order valence-corrected chi connectivity index (χ4v) is 3.48. The minimum absolute atomic E-state index is 0.0501. The van der Waals surface area contributed by atoms with Gasteiger partial charge >= 0.3 is 12.4 Å². The van der Waals surface area contributed by atoms with Crippen molar-refractivity contribution in [1.82, 2.24) is 10.3 Å². The molecule has 1 aliphatic heterocycles. The maximum atomic E-state index is 13.2. The van der Waals surface area contributed by atoms with Crippen molar-refractivity contribution < 1.29 is 36.7 Å². The molecule has 0 radical (unpaired) electrons. The molecule has 0 fully saturated rings. The van der Waals surface area contributed by atoms with E-state index in [2.05, 4.69) is 20.4 Å². The molecular weight excluding hydrogens is 469 g/mol. The van der Waals surface area contributed by atoms with E-state index in [1.54, 1.807) is 31.2 Å². The first-order chi connectivity index (χ1) is 16.7. The molecule has 0 aliphatic carbocycles. The van der Waals surface area contributed by atoms with Crippen molar-refractivity contribution in [2.24, 2.45) is 0 Å². The molecule has 0 bridgehead atoms. The third-order valence-electron chi connectivity index (χ3n) is 5.03. The van der Waals surface area contributed by atoms with E-state index in [0.717, 1.165) is 12.1 Å². The van der Waals surface area contributed by atoms with Crippen molar-refractivity contribution in [2.75, 3.05) is 30.0 Å². The second-order valence-electron chi connectivity index (χ2n) is 7.46. The lowest BCUT2D eigenvalue weighted by atomic mass is 10.1. The Morgan fingerprint density at radius 1 is 1.23 bits per heavy atom. The van der Waals surface area contributed by atoms with Crippen LogP contribution in [0.3, 0.4) is 0 Å². The second-order valence-corrected chi connectivity index (χ2v) is 7.46. The first kappa shape index (κ1) is 24.1. The van der Waals surface area contributed by atoms with Crippen molar-refractivity contribution in [3.63, 3.8) is 0 Å². The second kappa shape index (κ2) is 10.1. The van der Waals surface area contributed by atoms with Crippen molar-refractivity contribution in [3.8, 4) is 17.2 Å². The molecule has 3 heterocycles. The standard InChI is InChI=1S/C23H21F3N4O5/c1-2-33-13-18(14-5-7-15(8-6-14)35-23(24,25)26)29-22(32)30-12-20(31)27-17-10-9-16(28-21(17)30)19-4-3-11-34-19/h3-11,18H,2,12-13H2,1H3,(H,27,31)(H,29,32). The molecule has 1 aliphatic rings. The Labute approximate surface area is 197 Å². The first-order valence-electron chi connectivity index (χ1n) is 10.6. The van der Waals surface area contributed by atoms with Crippen LogP contribution in [0, 0.1) is 0 Å².